The number of piperidine rings is 1. The highest BCUT2D eigenvalue weighted by molar-refractivity contribution is 5.80. The molecule has 1 aliphatic heterocycles. The molecule has 1 N–H and O–H groups in total. The Labute approximate surface area is 108 Å². The van der Waals surface area contributed by atoms with Crippen LogP contribution in [0.3, 0.4) is 0 Å². The Morgan fingerprint density at radius 2 is 2.17 bits per heavy atom. The van der Waals surface area contributed by atoms with E-state index in [0.29, 0.717) is 18.0 Å². The highest BCUT2D eigenvalue weighted by Gasteiger charge is 2.14. The van der Waals surface area contributed by atoms with E-state index in [1.165, 1.54) is 18.9 Å². The molecule has 3 heteroatoms. The van der Waals surface area contributed by atoms with E-state index in [1.807, 2.05) is 0 Å². The second kappa shape index (κ2) is 6.64. The van der Waals surface area contributed by atoms with E-state index < -0.39 is 0 Å². The lowest BCUT2D eigenvalue weighted by molar-refractivity contribution is -0.118. The predicted octanol–water partition coefficient (Wildman–Crippen LogP) is 2.86. The van der Waals surface area contributed by atoms with Crippen LogP contribution >= 0.6 is 0 Å². The molecule has 1 atom stereocenters. The molecule has 1 aromatic carbocycles. The molecular formula is C15H20FNO. The number of carbonyl (C=O) groups excluding carboxylic acids is 1. The van der Waals surface area contributed by atoms with Gasteiger partial charge in [-0.1, -0.05) is 24.6 Å². The molecule has 0 amide bonds. The van der Waals surface area contributed by atoms with Crippen LogP contribution in [0.2, 0.25) is 0 Å². The second-order valence-electron chi connectivity index (χ2n) is 4.99. The molecule has 1 aromatic rings. The van der Waals surface area contributed by atoms with Gasteiger partial charge >= 0.3 is 0 Å². The van der Waals surface area contributed by atoms with Crippen molar-refractivity contribution in [1.82, 2.24) is 5.32 Å². The van der Waals surface area contributed by atoms with Crippen molar-refractivity contribution in [2.45, 2.75) is 44.6 Å². The zero-order valence-electron chi connectivity index (χ0n) is 10.6. The molecule has 2 rings (SSSR count). The van der Waals surface area contributed by atoms with E-state index in [9.17, 15) is 9.18 Å². The molecule has 0 aliphatic carbocycles. The van der Waals surface area contributed by atoms with Gasteiger partial charge in [0, 0.05) is 18.9 Å². The van der Waals surface area contributed by atoms with Crippen molar-refractivity contribution < 1.29 is 9.18 Å². The Morgan fingerprint density at radius 3 is 2.89 bits per heavy atom. The highest BCUT2D eigenvalue weighted by Crippen LogP contribution is 2.14. The second-order valence-corrected chi connectivity index (χ2v) is 4.99. The van der Waals surface area contributed by atoms with Gasteiger partial charge in [-0.15, -0.1) is 0 Å². The van der Waals surface area contributed by atoms with E-state index in [4.69, 9.17) is 0 Å². The summed E-state index contributed by atoms with van der Waals surface area (Å²) in [6.45, 7) is 1.06. The van der Waals surface area contributed by atoms with Crippen molar-refractivity contribution in [2.75, 3.05) is 6.54 Å². The van der Waals surface area contributed by atoms with Gasteiger partial charge in [-0.3, -0.25) is 4.79 Å². The summed E-state index contributed by atoms with van der Waals surface area (Å²) in [4.78, 5) is 11.8. The third-order valence-electron chi connectivity index (χ3n) is 3.53. The summed E-state index contributed by atoms with van der Waals surface area (Å²) < 4.78 is 13.4. The van der Waals surface area contributed by atoms with Crippen molar-refractivity contribution in [3.63, 3.8) is 0 Å². The van der Waals surface area contributed by atoms with Gasteiger partial charge in [0.15, 0.2) is 0 Å². The van der Waals surface area contributed by atoms with Crippen LogP contribution < -0.4 is 5.32 Å². The van der Waals surface area contributed by atoms with Crippen molar-refractivity contribution in [3.8, 4) is 0 Å². The van der Waals surface area contributed by atoms with Gasteiger partial charge in [0.2, 0.25) is 0 Å². The number of Topliss-reactive ketones (excluding diaryl/α,β-unsaturated/α-hetero) is 1. The molecule has 0 bridgehead atoms. The maximum Gasteiger partial charge on any atom is 0.137 e. The summed E-state index contributed by atoms with van der Waals surface area (Å²) in [6, 6.07) is 6.99. The largest absolute Gasteiger partial charge is 0.314 e. The van der Waals surface area contributed by atoms with E-state index in [-0.39, 0.29) is 18.0 Å². The Balaban J connectivity index is 1.76. The third kappa shape index (κ3) is 3.91. The summed E-state index contributed by atoms with van der Waals surface area (Å²) in [5.41, 5.74) is 0.513. The van der Waals surface area contributed by atoms with E-state index >= 15 is 0 Å². The van der Waals surface area contributed by atoms with E-state index in [0.717, 1.165) is 19.4 Å². The number of ketones is 1. The topological polar surface area (TPSA) is 29.1 Å². The molecule has 0 saturated carbocycles. The van der Waals surface area contributed by atoms with Crippen LogP contribution in [0.15, 0.2) is 24.3 Å². The lowest BCUT2D eigenvalue weighted by Gasteiger charge is -2.22. The predicted molar refractivity (Wildman–Crippen MR) is 70.0 cm³/mol. The Hall–Kier alpha value is -1.22. The van der Waals surface area contributed by atoms with Gasteiger partial charge in [0.25, 0.3) is 0 Å². The molecule has 0 radical (unpaired) electrons. The van der Waals surface area contributed by atoms with Gasteiger partial charge in [-0.25, -0.2) is 4.39 Å². The summed E-state index contributed by atoms with van der Waals surface area (Å²) in [5.74, 6) is -0.144. The van der Waals surface area contributed by atoms with Crippen LogP contribution in [0.1, 0.15) is 37.7 Å². The molecular weight excluding hydrogens is 229 g/mol. The van der Waals surface area contributed by atoms with Crippen molar-refractivity contribution in [2.24, 2.45) is 0 Å². The van der Waals surface area contributed by atoms with E-state index in [1.54, 1.807) is 18.2 Å². The fourth-order valence-electron chi connectivity index (χ4n) is 2.45. The van der Waals surface area contributed by atoms with Crippen LogP contribution in [0.25, 0.3) is 0 Å². The zero-order chi connectivity index (χ0) is 12.8. The van der Waals surface area contributed by atoms with Crippen LogP contribution in [0, 0.1) is 5.82 Å². The maximum absolute atomic E-state index is 13.4. The molecule has 1 fully saturated rings. The molecule has 98 valence electrons. The minimum Gasteiger partial charge on any atom is -0.314 e. The van der Waals surface area contributed by atoms with Crippen LogP contribution in [-0.4, -0.2) is 18.4 Å². The van der Waals surface area contributed by atoms with Crippen LogP contribution in [0.5, 0.6) is 0 Å². The maximum atomic E-state index is 13.4. The monoisotopic (exact) mass is 249 g/mol. The number of hydrogen-bond acceptors (Lipinski definition) is 2. The molecule has 2 nitrogen and oxygen atoms in total. The summed E-state index contributed by atoms with van der Waals surface area (Å²) >= 11 is 0. The Morgan fingerprint density at radius 1 is 1.33 bits per heavy atom. The number of rotatable bonds is 5. The molecule has 1 heterocycles. The molecule has 0 spiro atoms. The summed E-state index contributed by atoms with van der Waals surface area (Å²) in [6.07, 6.45) is 5.30. The quantitative estimate of drug-likeness (QED) is 0.869. The number of hydrogen-bond donors (Lipinski definition) is 1. The van der Waals surface area contributed by atoms with E-state index in [2.05, 4.69) is 5.32 Å². The zero-order valence-corrected chi connectivity index (χ0v) is 10.6. The first-order valence-corrected chi connectivity index (χ1v) is 6.74. The summed E-state index contributed by atoms with van der Waals surface area (Å²) in [5, 5.41) is 3.42. The Kier molecular flexibility index (Phi) is 4.88. The number of carbonyl (C=O) groups is 1. The first kappa shape index (κ1) is 13.2. The lowest BCUT2D eigenvalue weighted by atomic mass is 9.97. The number of benzene rings is 1. The van der Waals surface area contributed by atoms with Crippen LogP contribution in [0.4, 0.5) is 4.39 Å². The molecule has 1 aliphatic rings. The fourth-order valence-corrected chi connectivity index (χ4v) is 2.45. The minimum absolute atomic E-state index is 0.132. The van der Waals surface area contributed by atoms with Gasteiger partial charge in [0.1, 0.15) is 11.6 Å². The third-order valence-corrected chi connectivity index (χ3v) is 3.53. The lowest BCUT2D eigenvalue weighted by Crippen LogP contribution is -2.34. The van der Waals surface area contributed by atoms with Gasteiger partial charge in [0.05, 0.1) is 0 Å². The van der Waals surface area contributed by atoms with Gasteiger partial charge in [-0.05, 0) is 37.4 Å². The average molecular weight is 249 g/mol. The normalized spacial score (nSPS) is 19.7. The number of halogens is 1. The van der Waals surface area contributed by atoms with Gasteiger partial charge in [-0.2, -0.15) is 0 Å². The SMILES string of the molecule is O=C(CCC1CCCCN1)Cc1ccccc1F. The van der Waals surface area contributed by atoms with Crippen molar-refractivity contribution >= 4 is 5.78 Å². The Bertz CT molecular complexity index is 399. The van der Waals surface area contributed by atoms with Crippen LogP contribution in [-0.2, 0) is 11.2 Å². The standard InChI is InChI=1S/C15H20FNO/c16-15-7-2-1-5-12(15)11-14(18)9-8-13-6-3-4-10-17-13/h1-2,5,7,13,17H,3-4,6,8-11H2. The smallest absolute Gasteiger partial charge is 0.137 e. The first-order chi connectivity index (χ1) is 8.75. The first-order valence-electron chi connectivity index (χ1n) is 6.74. The summed E-state index contributed by atoms with van der Waals surface area (Å²) in [7, 11) is 0. The van der Waals surface area contributed by atoms with Crippen molar-refractivity contribution in [1.29, 1.82) is 0 Å². The molecule has 18 heavy (non-hydrogen) atoms. The van der Waals surface area contributed by atoms with Gasteiger partial charge < -0.3 is 5.32 Å². The number of nitrogens with one attached hydrogen (secondary N) is 1. The average Bonchev–Trinajstić information content (AvgIpc) is 2.40. The minimum atomic E-state index is -0.276. The molecule has 0 aromatic heterocycles. The molecule has 1 unspecified atom stereocenters. The highest BCUT2D eigenvalue weighted by atomic mass is 19.1. The molecule has 1 saturated heterocycles. The van der Waals surface area contributed by atoms with Crippen molar-refractivity contribution in [3.05, 3.63) is 35.6 Å². The fraction of sp³-hybridized carbons (Fsp3) is 0.533.